The van der Waals surface area contributed by atoms with Crippen molar-refractivity contribution in [3.8, 4) is 21.8 Å². The van der Waals surface area contributed by atoms with Gasteiger partial charge in [0.15, 0.2) is 5.82 Å². The Kier molecular flexibility index (Phi) is 6.96. The molecule has 2 aromatic heterocycles. The van der Waals surface area contributed by atoms with E-state index in [-0.39, 0.29) is 12.1 Å². The molecular weight excluding hydrogens is 473 g/mol. The SMILES string of the molecule is [C-]#[N+]c1c(N2CCOC(CCOC(C)=O)C2)sc(-c2nnc[nH]2)c1-c1ccc(Cl)cc1Cl. The van der Waals surface area contributed by atoms with Crippen molar-refractivity contribution in [2.45, 2.75) is 19.4 Å². The number of aromatic nitrogens is 3. The van der Waals surface area contributed by atoms with Crippen molar-refractivity contribution in [2.75, 3.05) is 31.2 Å². The van der Waals surface area contributed by atoms with E-state index in [2.05, 4.69) is 24.9 Å². The average Bonchev–Trinajstić information content (AvgIpc) is 3.41. The molecule has 3 heterocycles. The number of benzene rings is 1. The Morgan fingerprint density at radius 2 is 2.31 bits per heavy atom. The number of aromatic amines is 1. The van der Waals surface area contributed by atoms with E-state index < -0.39 is 0 Å². The van der Waals surface area contributed by atoms with Crippen LogP contribution in [0.2, 0.25) is 10.0 Å². The van der Waals surface area contributed by atoms with Gasteiger partial charge in [-0.15, -0.1) is 21.5 Å². The number of halogens is 2. The van der Waals surface area contributed by atoms with Crippen LogP contribution in [0.3, 0.4) is 0 Å². The lowest BCUT2D eigenvalue weighted by atomic mass is 10.0. The molecule has 1 saturated heterocycles. The Morgan fingerprint density at radius 1 is 1.47 bits per heavy atom. The highest BCUT2D eigenvalue weighted by Crippen LogP contribution is 2.53. The zero-order chi connectivity index (χ0) is 22.7. The number of anilines is 1. The molecule has 4 rings (SSSR count). The first-order valence-electron chi connectivity index (χ1n) is 9.84. The number of ether oxygens (including phenoxy) is 2. The van der Waals surface area contributed by atoms with Gasteiger partial charge >= 0.3 is 5.97 Å². The monoisotopic (exact) mass is 491 g/mol. The summed E-state index contributed by atoms with van der Waals surface area (Å²) >= 11 is 14.1. The third-order valence-corrected chi connectivity index (χ3v) is 6.77. The Labute approximate surface area is 198 Å². The molecule has 1 atom stereocenters. The molecule has 0 saturated carbocycles. The van der Waals surface area contributed by atoms with Gasteiger partial charge in [0.05, 0.1) is 35.8 Å². The second kappa shape index (κ2) is 9.88. The van der Waals surface area contributed by atoms with Gasteiger partial charge in [-0.1, -0.05) is 29.3 Å². The standard InChI is InChI=1S/C21H19Cl2N5O3S/c1-12(29)30-7-5-14-10-28(6-8-31-14)21-18(24-2)17(15-4-3-13(22)9-16(15)23)19(32-21)20-25-11-26-27-20/h3-4,9,11,14H,5-8,10H2,1H3,(H,25,26,27). The van der Waals surface area contributed by atoms with E-state index in [9.17, 15) is 4.79 Å². The van der Waals surface area contributed by atoms with Crippen molar-refractivity contribution in [1.29, 1.82) is 0 Å². The van der Waals surface area contributed by atoms with Crippen LogP contribution < -0.4 is 4.90 Å². The highest BCUT2D eigenvalue weighted by molar-refractivity contribution is 7.20. The third kappa shape index (κ3) is 4.74. The molecule has 1 fully saturated rings. The molecule has 0 bridgehead atoms. The Balaban J connectivity index is 1.73. The number of thiophene rings is 1. The summed E-state index contributed by atoms with van der Waals surface area (Å²) in [6.45, 7) is 11.4. The summed E-state index contributed by atoms with van der Waals surface area (Å²) in [5.41, 5.74) is 1.89. The number of rotatable bonds is 6. The first kappa shape index (κ1) is 22.6. The lowest BCUT2D eigenvalue weighted by molar-refractivity contribution is -0.141. The van der Waals surface area contributed by atoms with E-state index in [4.69, 9.17) is 39.2 Å². The number of esters is 1. The highest BCUT2D eigenvalue weighted by atomic mass is 35.5. The zero-order valence-electron chi connectivity index (χ0n) is 17.1. The fourth-order valence-electron chi connectivity index (χ4n) is 3.57. The fraction of sp³-hybridized carbons (Fsp3) is 0.333. The van der Waals surface area contributed by atoms with Crippen LogP contribution >= 0.6 is 34.5 Å². The maximum atomic E-state index is 11.1. The molecule has 11 heteroatoms. The molecule has 1 aliphatic rings. The molecule has 32 heavy (non-hydrogen) atoms. The van der Waals surface area contributed by atoms with Crippen molar-refractivity contribution in [3.63, 3.8) is 0 Å². The number of hydrogen-bond donors (Lipinski definition) is 1. The summed E-state index contributed by atoms with van der Waals surface area (Å²) in [7, 11) is 0. The van der Waals surface area contributed by atoms with Gasteiger partial charge < -0.3 is 19.4 Å². The molecule has 1 aliphatic heterocycles. The minimum atomic E-state index is -0.313. The van der Waals surface area contributed by atoms with Gasteiger partial charge in [0, 0.05) is 42.0 Å². The summed E-state index contributed by atoms with van der Waals surface area (Å²) in [6.07, 6.45) is 1.97. The molecule has 3 aromatic rings. The minimum Gasteiger partial charge on any atom is -0.466 e. The molecule has 166 valence electrons. The zero-order valence-corrected chi connectivity index (χ0v) is 19.4. The summed E-state index contributed by atoms with van der Waals surface area (Å²) < 4.78 is 10.9. The lowest BCUT2D eigenvalue weighted by Crippen LogP contribution is -2.42. The Bertz CT molecular complexity index is 1160. The number of hydrogen-bond acceptors (Lipinski definition) is 7. The van der Waals surface area contributed by atoms with E-state index in [1.54, 1.807) is 12.1 Å². The molecular formula is C21H19Cl2N5O3S. The van der Waals surface area contributed by atoms with Gasteiger partial charge in [-0.3, -0.25) is 4.79 Å². The van der Waals surface area contributed by atoms with Crippen LogP contribution in [0, 0.1) is 6.57 Å². The topological polar surface area (TPSA) is 84.7 Å². The van der Waals surface area contributed by atoms with E-state index in [0.29, 0.717) is 65.4 Å². The molecule has 0 radical (unpaired) electrons. The summed E-state index contributed by atoms with van der Waals surface area (Å²) in [6, 6.07) is 5.22. The number of nitrogens with one attached hydrogen (secondary N) is 1. The largest absolute Gasteiger partial charge is 0.466 e. The van der Waals surface area contributed by atoms with Gasteiger partial charge in [0.25, 0.3) is 0 Å². The second-order valence-electron chi connectivity index (χ2n) is 7.10. The predicted molar refractivity (Wildman–Crippen MR) is 125 cm³/mol. The third-order valence-electron chi connectivity index (χ3n) is 4.98. The number of morpholine rings is 1. The Morgan fingerprint density at radius 3 is 3.00 bits per heavy atom. The van der Waals surface area contributed by atoms with Crippen LogP contribution in [0.25, 0.3) is 26.7 Å². The summed E-state index contributed by atoms with van der Waals surface area (Å²) in [5.74, 6) is 0.249. The van der Waals surface area contributed by atoms with Gasteiger partial charge in [-0.05, 0) is 17.7 Å². The van der Waals surface area contributed by atoms with Gasteiger partial charge in [0.1, 0.15) is 6.33 Å². The average molecular weight is 492 g/mol. The van der Waals surface area contributed by atoms with Crippen LogP contribution in [0.4, 0.5) is 10.7 Å². The normalized spacial score (nSPS) is 16.1. The maximum Gasteiger partial charge on any atom is 0.302 e. The minimum absolute atomic E-state index is 0.111. The number of H-pyrrole nitrogens is 1. The van der Waals surface area contributed by atoms with Gasteiger partial charge in [-0.2, -0.15) is 0 Å². The number of carbonyl (C=O) groups is 1. The Hall–Kier alpha value is -2.64. The van der Waals surface area contributed by atoms with Crippen molar-refractivity contribution in [3.05, 3.63) is 46.0 Å². The smallest absolute Gasteiger partial charge is 0.302 e. The second-order valence-corrected chi connectivity index (χ2v) is 8.94. The van der Waals surface area contributed by atoms with Crippen LogP contribution in [0.5, 0.6) is 0 Å². The summed E-state index contributed by atoms with van der Waals surface area (Å²) in [5, 5.41) is 9.85. The highest BCUT2D eigenvalue weighted by Gasteiger charge is 2.30. The van der Waals surface area contributed by atoms with E-state index in [0.717, 1.165) is 9.88 Å². The van der Waals surface area contributed by atoms with E-state index in [1.807, 2.05) is 6.07 Å². The molecule has 1 aromatic carbocycles. The van der Waals surface area contributed by atoms with Crippen molar-refractivity contribution >= 4 is 51.2 Å². The van der Waals surface area contributed by atoms with Crippen LogP contribution in [-0.4, -0.2) is 53.6 Å². The first-order valence-corrected chi connectivity index (χ1v) is 11.4. The molecule has 1 unspecified atom stereocenters. The fourth-order valence-corrected chi connectivity index (χ4v) is 5.31. The quantitative estimate of drug-likeness (QED) is 0.376. The van der Waals surface area contributed by atoms with Crippen molar-refractivity contribution in [2.24, 2.45) is 0 Å². The predicted octanol–water partition coefficient (Wildman–Crippen LogP) is 5.22. The van der Waals surface area contributed by atoms with Gasteiger partial charge in [-0.25, -0.2) is 4.85 Å². The summed E-state index contributed by atoms with van der Waals surface area (Å²) in [4.78, 5) is 20.9. The van der Waals surface area contributed by atoms with Crippen molar-refractivity contribution < 1.29 is 14.3 Å². The first-order chi connectivity index (χ1) is 15.5. The van der Waals surface area contributed by atoms with Crippen LogP contribution in [0.15, 0.2) is 24.5 Å². The van der Waals surface area contributed by atoms with Crippen LogP contribution in [-0.2, 0) is 14.3 Å². The van der Waals surface area contributed by atoms with E-state index >= 15 is 0 Å². The van der Waals surface area contributed by atoms with Gasteiger partial charge in [0.2, 0.25) is 5.69 Å². The number of carbonyl (C=O) groups excluding carboxylic acids is 1. The molecule has 1 N–H and O–H groups in total. The molecule has 0 aliphatic carbocycles. The lowest BCUT2D eigenvalue weighted by Gasteiger charge is -2.34. The van der Waals surface area contributed by atoms with Crippen LogP contribution in [0.1, 0.15) is 13.3 Å². The maximum absolute atomic E-state index is 11.1. The molecule has 0 spiro atoms. The number of nitrogens with zero attached hydrogens (tertiary/aromatic N) is 4. The van der Waals surface area contributed by atoms with E-state index in [1.165, 1.54) is 24.6 Å². The van der Waals surface area contributed by atoms with Crippen molar-refractivity contribution in [1.82, 2.24) is 15.2 Å². The molecule has 0 amide bonds. The molecule has 8 nitrogen and oxygen atoms in total.